The highest BCUT2D eigenvalue weighted by Crippen LogP contribution is 2.26. The summed E-state index contributed by atoms with van der Waals surface area (Å²) in [5, 5.41) is 4.90. The van der Waals surface area contributed by atoms with Crippen LogP contribution in [0.2, 0.25) is 0 Å². The van der Waals surface area contributed by atoms with Gasteiger partial charge in [-0.1, -0.05) is 18.2 Å². The molecule has 1 heterocycles. The first-order valence-electron chi connectivity index (χ1n) is 7.79. The standard InChI is InChI=1S/C18H18F2N2O2/c1-11(9-12-5-6-16-13(10-12)7-8-24-16)21-18(23)22-17-14(19)3-2-4-15(17)20/h2-6,10-11H,7-9H2,1H3,(H2,21,22,23). The van der Waals surface area contributed by atoms with Crippen molar-refractivity contribution in [2.45, 2.75) is 25.8 Å². The molecule has 0 saturated heterocycles. The molecule has 24 heavy (non-hydrogen) atoms. The van der Waals surface area contributed by atoms with E-state index in [1.807, 2.05) is 19.1 Å². The summed E-state index contributed by atoms with van der Waals surface area (Å²) in [5.74, 6) is -0.708. The number of amides is 2. The van der Waals surface area contributed by atoms with E-state index in [2.05, 4.69) is 16.7 Å². The van der Waals surface area contributed by atoms with E-state index in [0.717, 1.165) is 35.4 Å². The first kappa shape index (κ1) is 16.2. The van der Waals surface area contributed by atoms with Crippen LogP contribution < -0.4 is 15.4 Å². The molecule has 0 fully saturated rings. The van der Waals surface area contributed by atoms with E-state index < -0.39 is 23.4 Å². The Labute approximate surface area is 138 Å². The second kappa shape index (κ2) is 6.86. The van der Waals surface area contributed by atoms with Crippen molar-refractivity contribution >= 4 is 11.7 Å². The minimum Gasteiger partial charge on any atom is -0.493 e. The summed E-state index contributed by atoms with van der Waals surface area (Å²) in [4.78, 5) is 11.9. The Hall–Kier alpha value is -2.63. The topological polar surface area (TPSA) is 50.4 Å². The van der Waals surface area contributed by atoms with Crippen LogP contribution in [-0.4, -0.2) is 18.7 Å². The second-order valence-corrected chi connectivity index (χ2v) is 5.84. The van der Waals surface area contributed by atoms with Crippen LogP contribution in [0.1, 0.15) is 18.1 Å². The van der Waals surface area contributed by atoms with Crippen molar-refractivity contribution in [2.24, 2.45) is 0 Å². The number of hydrogen-bond donors (Lipinski definition) is 2. The molecule has 2 N–H and O–H groups in total. The molecule has 1 unspecified atom stereocenters. The third-order valence-electron chi connectivity index (χ3n) is 3.87. The van der Waals surface area contributed by atoms with E-state index in [4.69, 9.17) is 4.74 Å². The molecule has 0 aliphatic carbocycles. The Morgan fingerprint density at radius 3 is 2.75 bits per heavy atom. The monoisotopic (exact) mass is 332 g/mol. The van der Waals surface area contributed by atoms with Crippen molar-refractivity contribution in [2.75, 3.05) is 11.9 Å². The molecule has 6 heteroatoms. The zero-order valence-electron chi connectivity index (χ0n) is 13.2. The summed E-state index contributed by atoms with van der Waals surface area (Å²) in [6.45, 7) is 2.53. The lowest BCUT2D eigenvalue weighted by Crippen LogP contribution is -2.37. The molecule has 2 aromatic rings. The first-order chi connectivity index (χ1) is 11.5. The van der Waals surface area contributed by atoms with Crippen LogP contribution in [0.3, 0.4) is 0 Å². The number of urea groups is 1. The molecule has 0 radical (unpaired) electrons. The van der Waals surface area contributed by atoms with Gasteiger partial charge >= 0.3 is 6.03 Å². The molecular formula is C18H18F2N2O2. The van der Waals surface area contributed by atoms with Gasteiger partial charge in [0.05, 0.1) is 6.61 Å². The van der Waals surface area contributed by atoms with Crippen LogP contribution in [0.4, 0.5) is 19.3 Å². The molecule has 126 valence electrons. The van der Waals surface area contributed by atoms with E-state index in [1.165, 1.54) is 6.07 Å². The quantitative estimate of drug-likeness (QED) is 0.898. The van der Waals surface area contributed by atoms with Gasteiger partial charge in [0.15, 0.2) is 0 Å². The molecule has 3 rings (SSSR count). The van der Waals surface area contributed by atoms with Gasteiger partial charge in [-0.3, -0.25) is 0 Å². The fourth-order valence-corrected chi connectivity index (χ4v) is 2.76. The Bertz CT molecular complexity index is 744. The van der Waals surface area contributed by atoms with Gasteiger partial charge in [0.2, 0.25) is 0 Å². The minimum atomic E-state index is -0.809. The fourth-order valence-electron chi connectivity index (χ4n) is 2.76. The Morgan fingerprint density at radius 1 is 1.25 bits per heavy atom. The maximum atomic E-state index is 13.5. The lowest BCUT2D eigenvalue weighted by molar-refractivity contribution is 0.249. The van der Waals surface area contributed by atoms with Crippen LogP contribution in [0, 0.1) is 11.6 Å². The average molecular weight is 332 g/mol. The fraction of sp³-hybridized carbons (Fsp3) is 0.278. The molecule has 2 amide bonds. The summed E-state index contributed by atoms with van der Waals surface area (Å²) in [6.07, 6.45) is 1.50. The molecule has 0 bridgehead atoms. The van der Waals surface area contributed by atoms with Crippen molar-refractivity contribution in [1.29, 1.82) is 0 Å². The normalized spacial score (nSPS) is 13.8. The van der Waals surface area contributed by atoms with Crippen molar-refractivity contribution < 1.29 is 18.3 Å². The Balaban J connectivity index is 1.58. The minimum absolute atomic E-state index is 0.194. The highest BCUT2D eigenvalue weighted by Gasteiger charge is 2.16. The van der Waals surface area contributed by atoms with E-state index in [1.54, 1.807) is 0 Å². The number of fused-ring (bicyclic) bond motifs is 1. The molecule has 1 aliphatic heterocycles. The lowest BCUT2D eigenvalue weighted by Gasteiger charge is -2.16. The molecule has 0 spiro atoms. The Kier molecular flexibility index (Phi) is 4.64. The van der Waals surface area contributed by atoms with E-state index >= 15 is 0 Å². The zero-order chi connectivity index (χ0) is 17.1. The van der Waals surface area contributed by atoms with Gasteiger partial charge in [-0.15, -0.1) is 0 Å². The SMILES string of the molecule is CC(Cc1ccc2c(c1)CCO2)NC(=O)Nc1c(F)cccc1F. The molecule has 1 atom stereocenters. The van der Waals surface area contributed by atoms with Crippen LogP contribution in [0.25, 0.3) is 0 Å². The third-order valence-corrected chi connectivity index (χ3v) is 3.87. The number of halogens is 2. The van der Waals surface area contributed by atoms with Crippen molar-refractivity contribution in [3.63, 3.8) is 0 Å². The summed E-state index contributed by atoms with van der Waals surface area (Å²) < 4.78 is 32.5. The largest absolute Gasteiger partial charge is 0.493 e. The number of nitrogens with one attached hydrogen (secondary N) is 2. The van der Waals surface area contributed by atoms with Gasteiger partial charge in [-0.05, 0) is 42.7 Å². The van der Waals surface area contributed by atoms with Crippen LogP contribution in [0.15, 0.2) is 36.4 Å². The van der Waals surface area contributed by atoms with Crippen LogP contribution >= 0.6 is 0 Å². The Morgan fingerprint density at radius 2 is 2.00 bits per heavy atom. The predicted molar refractivity (Wildman–Crippen MR) is 87.3 cm³/mol. The number of hydrogen-bond acceptors (Lipinski definition) is 2. The average Bonchev–Trinajstić information content (AvgIpc) is 2.98. The maximum Gasteiger partial charge on any atom is 0.319 e. The highest BCUT2D eigenvalue weighted by molar-refractivity contribution is 5.89. The van der Waals surface area contributed by atoms with Gasteiger partial charge in [-0.2, -0.15) is 0 Å². The maximum absolute atomic E-state index is 13.5. The molecule has 1 aliphatic rings. The van der Waals surface area contributed by atoms with Crippen LogP contribution in [-0.2, 0) is 12.8 Å². The van der Waals surface area contributed by atoms with Gasteiger partial charge < -0.3 is 15.4 Å². The summed E-state index contributed by atoms with van der Waals surface area (Å²) in [5.41, 5.74) is 1.79. The second-order valence-electron chi connectivity index (χ2n) is 5.84. The summed E-state index contributed by atoms with van der Waals surface area (Å²) >= 11 is 0. The van der Waals surface area contributed by atoms with Gasteiger partial charge in [0.25, 0.3) is 0 Å². The molecule has 4 nitrogen and oxygen atoms in total. The molecular weight excluding hydrogens is 314 g/mol. The summed E-state index contributed by atoms with van der Waals surface area (Å²) in [6, 6.07) is 8.54. The molecule has 0 aromatic heterocycles. The number of carbonyl (C=O) groups excluding carboxylic acids is 1. The smallest absolute Gasteiger partial charge is 0.319 e. The number of para-hydroxylation sites is 1. The van der Waals surface area contributed by atoms with Gasteiger partial charge in [0, 0.05) is 12.5 Å². The molecule has 2 aromatic carbocycles. The number of benzene rings is 2. The van der Waals surface area contributed by atoms with Crippen molar-refractivity contribution in [3.8, 4) is 5.75 Å². The number of anilines is 1. The number of rotatable bonds is 4. The van der Waals surface area contributed by atoms with Gasteiger partial charge in [0.1, 0.15) is 23.1 Å². The number of ether oxygens (including phenoxy) is 1. The van der Waals surface area contributed by atoms with Crippen molar-refractivity contribution in [3.05, 3.63) is 59.2 Å². The zero-order valence-corrected chi connectivity index (χ0v) is 13.2. The predicted octanol–water partition coefficient (Wildman–Crippen LogP) is 3.65. The van der Waals surface area contributed by atoms with Crippen molar-refractivity contribution in [1.82, 2.24) is 5.32 Å². The number of carbonyl (C=O) groups is 1. The lowest BCUT2D eigenvalue weighted by atomic mass is 10.0. The summed E-state index contributed by atoms with van der Waals surface area (Å²) in [7, 11) is 0. The van der Waals surface area contributed by atoms with E-state index in [9.17, 15) is 13.6 Å². The third kappa shape index (κ3) is 3.64. The van der Waals surface area contributed by atoms with Gasteiger partial charge in [-0.25, -0.2) is 13.6 Å². The highest BCUT2D eigenvalue weighted by atomic mass is 19.1. The van der Waals surface area contributed by atoms with Crippen LogP contribution in [0.5, 0.6) is 5.75 Å². The van der Waals surface area contributed by atoms with E-state index in [-0.39, 0.29) is 6.04 Å². The first-order valence-corrected chi connectivity index (χ1v) is 7.79. The molecule has 0 saturated carbocycles. The van der Waals surface area contributed by atoms with E-state index in [0.29, 0.717) is 13.0 Å².